The van der Waals surface area contributed by atoms with Crippen LogP contribution in [0.3, 0.4) is 0 Å². The number of ether oxygens (including phenoxy) is 3. The van der Waals surface area contributed by atoms with Gasteiger partial charge < -0.3 is 14.2 Å². The lowest BCUT2D eigenvalue weighted by Gasteiger charge is -2.13. The molecule has 0 amide bonds. The van der Waals surface area contributed by atoms with Gasteiger partial charge in [0.2, 0.25) is 11.6 Å². The van der Waals surface area contributed by atoms with E-state index in [2.05, 4.69) is 19.2 Å². The molecule has 0 bridgehead atoms. The molecule has 0 aliphatic rings. The molecule has 1 heterocycles. The van der Waals surface area contributed by atoms with Crippen LogP contribution in [0.25, 0.3) is 0 Å². The predicted molar refractivity (Wildman–Crippen MR) is 55.5 cm³/mol. The van der Waals surface area contributed by atoms with Crippen molar-refractivity contribution in [3.05, 3.63) is 21.9 Å². The Hall–Kier alpha value is -2.59. The minimum absolute atomic E-state index is 0.479. The zero-order valence-corrected chi connectivity index (χ0v) is 10.1. The maximum Gasteiger partial charge on any atom is 0.573 e. The first kappa shape index (κ1) is 15.5. The van der Waals surface area contributed by atoms with Gasteiger partial charge >= 0.3 is 18.0 Å². The molecule has 0 atom stereocenters. The zero-order chi connectivity index (χ0) is 15.5. The first-order valence-electron chi connectivity index (χ1n) is 4.76. The summed E-state index contributed by atoms with van der Waals surface area (Å²) >= 11 is 0. The van der Waals surface area contributed by atoms with Gasteiger partial charge in [-0.05, 0) is 0 Å². The molecule has 0 unspecified atom stereocenters. The van der Waals surface area contributed by atoms with Crippen molar-refractivity contribution in [2.75, 3.05) is 14.2 Å². The molecular weight excluding hydrogens is 289 g/mol. The number of pyridine rings is 1. The van der Waals surface area contributed by atoms with Crippen molar-refractivity contribution < 1.29 is 37.1 Å². The molecule has 0 aromatic carbocycles. The third kappa shape index (κ3) is 3.24. The number of methoxy groups -OCH3 is 2. The summed E-state index contributed by atoms with van der Waals surface area (Å²) in [6.45, 7) is 0. The lowest BCUT2D eigenvalue weighted by molar-refractivity contribution is -0.389. The van der Waals surface area contributed by atoms with Crippen LogP contribution < -0.4 is 9.47 Å². The minimum Gasteiger partial charge on any atom is -0.480 e. The Morgan fingerprint density at radius 1 is 1.40 bits per heavy atom. The smallest absolute Gasteiger partial charge is 0.480 e. The van der Waals surface area contributed by atoms with Gasteiger partial charge in [0, 0.05) is 0 Å². The molecule has 0 radical (unpaired) electrons. The fourth-order valence-corrected chi connectivity index (χ4v) is 1.25. The molecule has 0 saturated carbocycles. The molecule has 11 heteroatoms. The van der Waals surface area contributed by atoms with Crippen LogP contribution in [0.1, 0.15) is 10.4 Å². The summed E-state index contributed by atoms with van der Waals surface area (Å²) in [5.41, 5.74) is -2.08. The average molecular weight is 296 g/mol. The first-order valence-corrected chi connectivity index (χ1v) is 4.76. The van der Waals surface area contributed by atoms with E-state index in [-0.39, 0.29) is 0 Å². The highest BCUT2D eigenvalue weighted by molar-refractivity contribution is 5.96. The lowest BCUT2D eigenvalue weighted by Crippen LogP contribution is -2.21. The van der Waals surface area contributed by atoms with Crippen molar-refractivity contribution in [3.63, 3.8) is 0 Å². The summed E-state index contributed by atoms with van der Waals surface area (Å²) in [5.74, 6) is -3.26. The topological polar surface area (TPSA) is 101 Å². The van der Waals surface area contributed by atoms with Crippen LogP contribution in [0.2, 0.25) is 0 Å². The Balaban J connectivity index is 3.60. The van der Waals surface area contributed by atoms with Gasteiger partial charge in [0.1, 0.15) is 6.20 Å². The van der Waals surface area contributed by atoms with Gasteiger partial charge in [-0.25, -0.2) is 9.78 Å². The van der Waals surface area contributed by atoms with Crippen LogP contribution in [-0.4, -0.2) is 36.5 Å². The largest absolute Gasteiger partial charge is 0.573 e. The van der Waals surface area contributed by atoms with Gasteiger partial charge in [-0.15, -0.1) is 13.2 Å². The number of hydrogen-bond donors (Lipinski definition) is 0. The maximum atomic E-state index is 12.3. The molecule has 0 fully saturated rings. The van der Waals surface area contributed by atoms with Crippen molar-refractivity contribution in [3.8, 4) is 11.6 Å². The molecule has 20 heavy (non-hydrogen) atoms. The first-order chi connectivity index (χ1) is 9.21. The van der Waals surface area contributed by atoms with E-state index < -0.39 is 40.1 Å². The number of hydrogen-bond acceptors (Lipinski definition) is 7. The Bertz CT molecular complexity index is 545. The quantitative estimate of drug-likeness (QED) is 0.473. The van der Waals surface area contributed by atoms with Gasteiger partial charge in [-0.2, -0.15) is 0 Å². The number of carbonyl (C=O) groups excluding carboxylic acids is 1. The third-order valence-electron chi connectivity index (χ3n) is 1.98. The highest BCUT2D eigenvalue weighted by Gasteiger charge is 2.39. The van der Waals surface area contributed by atoms with Gasteiger partial charge in [-0.1, -0.05) is 0 Å². The van der Waals surface area contributed by atoms with Crippen molar-refractivity contribution in [1.29, 1.82) is 0 Å². The molecule has 110 valence electrons. The lowest BCUT2D eigenvalue weighted by atomic mass is 10.2. The Morgan fingerprint density at radius 2 is 2.00 bits per heavy atom. The van der Waals surface area contributed by atoms with Crippen molar-refractivity contribution >= 4 is 11.7 Å². The van der Waals surface area contributed by atoms with Crippen molar-refractivity contribution in [2.45, 2.75) is 6.36 Å². The summed E-state index contributed by atoms with van der Waals surface area (Å²) in [7, 11) is 1.88. The van der Waals surface area contributed by atoms with E-state index in [0.29, 0.717) is 6.20 Å². The second kappa shape index (κ2) is 5.59. The van der Waals surface area contributed by atoms with Crippen molar-refractivity contribution in [1.82, 2.24) is 4.98 Å². The van der Waals surface area contributed by atoms with Gasteiger partial charge in [0.25, 0.3) is 0 Å². The van der Waals surface area contributed by atoms with Crippen molar-refractivity contribution in [2.24, 2.45) is 0 Å². The van der Waals surface area contributed by atoms with Gasteiger partial charge in [0.15, 0.2) is 5.56 Å². The number of carbonyl (C=O) groups is 1. The zero-order valence-electron chi connectivity index (χ0n) is 10.1. The number of rotatable bonds is 4. The minimum atomic E-state index is -5.25. The standard InChI is InChI=1S/C9H7F3N2O6/c1-18-7-5(8(15)19-2)6(20-9(10,11)12)4(3-13-7)14(16)17/h3H,1-2H3. The van der Waals surface area contributed by atoms with E-state index in [9.17, 15) is 28.1 Å². The number of alkyl halides is 3. The molecular formula is C9H7F3N2O6. The van der Waals surface area contributed by atoms with Crippen LogP contribution in [-0.2, 0) is 4.74 Å². The monoisotopic (exact) mass is 296 g/mol. The highest BCUT2D eigenvalue weighted by atomic mass is 19.4. The van der Waals surface area contributed by atoms with Crippen LogP contribution in [0, 0.1) is 10.1 Å². The Morgan fingerprint density at radius 3 is 2.40 bits per heavy atom. The molecule has 0 saturated heterocycles. The molecule has 0 N–H and O–H groups in total. The highest BCUT2D eigenvalue weighted by Crippen LogP contribution is 2.39. The van der Waals surface area contributed by atoms with Crippen LogP contribution in [0.5, 0.6) is 11.6 Å². The Kier molecular flexibility index (Phi) is 4.32. The number of aromatic nitrogens is 1. The second-order valence-electron chi connectivity index (χ2n) is 3.15. The van der Waals surface area contributed by atoms with Gasteiger partial charge in [-0.3, -0.25) is 10.1 Å². The molecule has 1 aromatic rings. The third-order valence-corrected chi connectivity index (χ3v) is 1.98. The van der Waals surface area contributed by atoms with E-state index in [1.807, 2.05) is 0 Å². The van der Waals surface area contributed by atoms with Crippen LogP contribution in [0.4, 0.5) is 18.9 Å². The normalized spacial score (nSPS) is 10.8. The number of halogens is 3. The number of nitrogens with zero attached hydrogens (tertiary/aromatic N) is 2. The van der Waals surface area contributed by atoms with E-state index in [1.165, 1.54) is 0 Å². The Labute approximate surface area is 109 Å². The molecule has 1 rings (SSSR count). The summed E-state index contributed by atoms with van der Waals surface area (Å²) in [6, 6.07) is 0. The maximum absolute atomic E-state index is 12.3. The fourth-order valence-electron chi connectivity index (χ4n) is 1.25. The van der Waals surface area contributed by atoms with E-state index in [4.69, 9.17) is 0 Å². The second-order valence-corrected chi connectivity index (χ2v) is 3.15. The number of nitro groups is 1. The molecule has 0 aliphatic heterocycles. The molecule has 1 aromatic heterocycles. The van der Waals surface area contributed by atoms with Crippen LogP contribution >= 0.6 is 0 Å². The van der Waals surface area contributed by atoms with E-state index >= 15 is 0 Å². The van der Waals surface area contributed by atoms with Crippen LogP contribution in [0.15, 0.2) is 6.20 Å². The number of esters is 1. The summed E-state index contributed by atoms with van der Waals surface area (Å²) < 4.78 is 49.3. The summed E-state index contributed by atoms with van der Waals surface area (Å²) in [4.78, 5) is 24.3. The summed E-state index contributed by atoms with van der Waals surface area (Å²) in [6.07, 6.45) is -4.77. The fraction of sp³-hybridized carbons (Fsp3) is 0.333. The van der Waals surface area contributed by atoms with Gasteiger partial charge in [0.05, 0.1) is 19.1 Å². The molecule has 8 nitrogen and oxygen atoms in total. The van der Waals surface area contributed by atoms with E-state index in [0.717, 1.165) is 14.2 Å². The SMILES string of the molecule is COC(=O)c1c(OC)ncc([N+](=O)[O-])c1OC(F)(F)F. The average Bonchev–Trinajstić information content (AvgIpc) is 2.34. The molecule has 0 aliphatic carbocycles. The summed E-state index contributed by atoms with van der Waals surface area (Å²) in [5, 5.41) is 10.7. The van der Waals surface area contributed by atoms with E-state index in [1.54, 1.807) is 0 Å². The predicted octanol–water partition coefficient (Wildman–Crippen LogP) is 1.68. The molecule has 0 spiro atoms.